The number of halogens is 1. The molecule has 0 amide bonds. The minimum atomic E-state index is 0. The van der Waals surface area contributed by atoms with E-state index in [1.165, 1.54) is 5.39 Å². The fourth-order valence-electron chi connectivity index (χ4n) is 1.30. The van der Waals surface area contributed by atoms with Gasteiger partial charge in [-0.1, -0.05) is 18.2 Å². The van der Waals surface area contributed by atoms with Crippen molar-refractivity contribution in [1.29, 1.82) is 0 Å². The Labute approximate surface area is 94.0 Å². The lowest BCUT2D eigenvalue weighted by molar-refractivity contribution is -0.390. The number of hydrogen-bond donors (Lipinski definition) is 0. The number of nitrogens with one attached hydrogen (secondary N) is 1. The Morgan fingerprint density at radius 1 is 1.15 bits per heavy atom. The predicted molar refractivity (Wildman–Crippen MR) is 47.1 cm³/mol. The molecule has 68 valence electrons. The van der Waals surface area contributed by atoms with E-state index in [1.54, 1.807) is 7.11 Å². The largest absolute Gasteiger partial charge is 1.00 e. The molecule has 0 aliphatic heterocycles. The lowest BCUT2D eigenvalue weighted by atomic mass is 10.2. The quantitative estimate of drug-likeness (QED) is 0.596. The third-order valence-corrected chi connectivity index (χ3v) is 1.89. The monoisotopic (exact) mass is 287 g/mol. The van der Waals surface area contributed by atoms with Crippen molar-refractivity contribution < 1.29 is 33.7 Å². The third kappa shape index (κ3) is 1.91. The molecule has 1 heterocycles. The van der Waals surface area contributed by atoms with Crippen molar-refractivity contribution >= 4 is 10.8 Å². The molecule has 0 radical (unpaired) electrons. The van der Waals surface area contributed by atoms with Crippen LogP contribution in [0.4, 0.5) is 0 Å². The average molecular weight is 287 g/mol. The van der Waals surface area contributed by atoms with Crippen LogP contribution in [0.1, 0.15) is 0 Å². The molecular weight excluding hydrogens is 277 g/mol. The first-order valence-electron chi connectivity index (χ1n) is 3.85. The fourth-order valence-corrected chi connectivity index (χ4v) is 1.30. The summed E-state index contributed by atoms with van der Waals surface area (Å²) in [5.74, 6) is 0.813. The minimum Gasteiger partial charge on any atom is -1.00 e. The van der Waals surface area contributed by atoms with E-state index >= 15 is 0 Å². The van der Waals surface area contributed by atoms with Crippen molar-refractivity contribution in [3.8, 4) is 5.88 Å². The van der Waals surface area contributed by atoms with Crippen molar-refractivity contribution in [1.82, 2.24) is 0 Å². The number of benzene rings is 1. The van der Waals surface area contributed by atoms with E-state index < -0.39 is 0 Å². The van der Waals surface area contributed by atoms with Gasteiger partial charge in [-0.3, -0.25) is 0 Å². The highest BCUT2D eigenvalue weighted by molar-refractivity contribution is 5.85. The van der Waals surface area contributed by atoms with Crippen LogP contribution in [0.2, 0.25) is 0 Å². The van der Waals surface area contributed by atoms with Gasteiger partial charge >= 0.3 is 5.88 Å². The van der Waals surface area contributed by atoms with Gasteiger partial charge in [-0.05, 0) is 11.5 Å². The van der Waals surface area contributed by atoms with E-state index in [-0.39, 0.29) is 24.0 Å². The van der Waals surface area contributed by atoms with E-state index in [0.717, 1.165) is 11.3 Å². The van der Waals surface area contributed by atoms with Gasteiger partial charge in [0.05, 0.1) is 12.5 Å². The fraction of sp³-hybridized carbons (Fsp3) is 0.100. The highest BCUT2D eigenvalue weighted by atomic mass is 127. The molecule has 2 rings (SSSR count). The van der Waals surface area contributed by atoms with E-state index in [2.05, 4.69) is 11.1 Å². The highest BCUT2D eigenvalue weighted by Crippen LogP contribution is 2.18. The van der Waals surface area contributed by atoms with Crippen molar-refractivity contribution in [3.63, 3.8) is 0 Å². The average Bonchev–Trinajstić information content (AvgIpc) is 2.17. The van der Waals surface area contributed by atoms with E-state index in [4.69, 9.17) is 4.74 Å². The molecule has 2 aromatic rings. The van der Waals surface area contributed by atoms with Gasteiger partial charge in [0, 0.05) is 6.07 Å². The predicted octanol–water partition coefficient (Wildman–Crippen LogP) is -1.33. The summed E-state index contributed by atoms with van der Waals surface area (Å²) in [7, 11) is 1.66. The SMILES string of the molecule is COc1[nH+]ccc2ccccc12.[I-]. The summed E-state index contributed by atoms with van der Waals surface area (Å²) < 4.78 is 5.17. The zero-order valence-electron chi connectivity index (χ0n) is 7.25. The Bertz CT molecular complexity index is 398. The van der Waals surface area contributed by atoms with E-state index in [9.17, 15) is 0 Å². The second-order valence-corrected chi connectivity index (χ2v) is 2.60. The van der Waals surface area contributed by atoms with Crippen LogP contribution in [0.15, 0.2) is 36.5 Å². The summed E-state index contributed by atoms with van der Waals surface area (Å²) in [6, 6.07) is 10.1. The first kappa shape index (κ1) is 10.2. The number of rotatable bonds is 1. The van der Waals surface area contributed by atoms with E-state index in [1.807, 2.05) is 30.5 Å². The maximum atomic E-state index is 5.17. The Hall–Kier alpha value is -0.840. The number of H-pyrrole nitrogens is 1. The topological polar surface area (TPSA) is 23.4 Å². The summed E-state index contributed by atoms with van der Waals surface area (Å²) in [6.07, 6.45) is 1.88. The summed E-state index contributed by atoms with van der Waals surface area (Å²) >= 11 is 0. The molecule has 0 unspecified atom stereocenters. The van der Waals surface area contributed by atoms with Crippen molar-refractivity contribution in [2.24, 2.45) is 0 Å². The first-order chi connectivity index (χ1) is 5.92. The molecule has 0 bridgehead atoms. The van der Waals surface area contributed by atoms with Crippen LogP contribution in [-0.2, 0) is 0 Å². The van der Waals surface area contributed by atoms with Gasteiger partial charge in [0.1, 0.15) is 0 Å². The Morgan fingerprint density at radius 2 is 1.92 bits per heavy atom. The van der Waals surface area contributed by atoms with Crippen molar-refractivity contribution in [3.05, 3.63) is 36.5 Å². The normalized spacial score (nSPS) is 9.31. The molecule has 13 heavy (non-hydrogen) atoms. The van der Waals surface area contributed by atoms with Gasteiger partial charge in [-0.2, -0.15) is 4.98 Å². The van der Waals surface area contributed by atoms with Gasteiger partial charge in [0.25, 0.3) is 0 Å². The maximum absolute atomic E-state index is 5.17. The number of aromatic nitrogens is 1. The van der Waals surface area contributed by atoms with Crippen molar-refractivity contribution in [2.45, 2.75) is 0 Å². The first-order valence-corrected chi connectivity index (χ1v) is 3.85. The lowest BCUT2D eigenvalue weighted by Gasteiger charge is -1.96. The molecule has 0 atom stereocenters. The molecule has 1 aromatic carbocycles. The van der Waals surface area contributed by atoms with Crippen LogP contribution in [0, 0.1) is 0 Å². The molecule has 2 nitrogen and oxygen atoms in total. The molecule has 0 aliphatic rings. The molecule has 0 saturated heterocycles. The van der Waals surface area contributed by atoms with Crippen LogP contribution >= 0.6 is 0 Å². The number of fused-ring (bicyclic) bond motifs is 1. The number of ether oxygens (including phenoxy) is 1. The third-order valence-electron chi connectivity index (χ3n) is 1.89. The summed E-state index contributed by atoms with van der Waals surface area (Å²) in [4.78, 5) is 3.04. The molecule has 0 fully saturated rings. The molecule has 0 spiro atoms. The molecule has 1 N–H and O–H groups in total. The summed E-state index contributed by atoms with van der Waals surface area (Å²) in [6.45, 7) is 0. The van der Waals surface area contributed by atoms with Gasteiger partial charge in [0.15, 0.2) is 6.20 Å². The van der Waals surface area contributed by atoms with Gasteiger partial charge in [-0.25, -0.2) is 0 Å². The molecule has 1 aromatic heterocycles. The number of aromatic amines is 1. The van der Waals surface area contributed by atoms with E-state index in [0.29, 0.717) is 0 Å². The molecule has 0 saturated carbocycles. The molecular formula is C10H10INO. The Kier molecular flexibility index (Phi) is 3.48. The zero-order chi connectivity index (χ0) is 8.39. The lowest BCUT2D eigenvalue weighted by Crippen LogP contribution is -3.00. The highest BCUT2D eigenvalue weighted by Gasteiger charge is 2.05. The van der Waals surface area contributed by atoms with Crippen LogP contribution in [0.5, 0.6) is 5.88 Å². The van der Waals surface area contributed by atoms with Crippen LogP contribution in [0.3, 0.4) is 0 Å². The van der Waals surface area contributed by atoms with Gasteiger partial charge in [-0.15, -0.1) is 0 Å². The number of pyridine rings is 1. The molecule has 0 aliphatic carbocycles. The summed E-state index contributed by atoms with van der Waals surface area (Å²) in [5, 5.41) is 2.30. The zero-order valence-corrected chi connectivity index (χ0v) is 9.41. The maximum Gasteiger partial charge on any atom is 0.373 e. The second kappa shape index (κ2) is 4.41. The van der Waals surface area contributed by atoms with Crippen LogP contribution in [-0.4, -0.2) is 7.11 Å². The Balaban J connectivity index is 0.000000845. The van der Waals surface area contributed by atoms with Crippen LogP contribution < -0.4 is 33.7 Å². The standard InChI is InChI=1S/C10H9NO.HI/c1-12-10-9-5-3-2-4-8(9)6-7-11-10;/h2-7H,1H3;1H. The van der Waals surface area contributed by atoms with Gasteiger partial charge < -0.3 is 28.7 Å². The molecule has 3 heteroatoms. The van der Waals surface area contributed by atoms with Crippen molar-refractivity contribution in [2.75, 3.05) is 7.11 Å². The smallest absolute Gasteiger partial charge is 0.373 e. The Morgan fingerprint density at radius 3 is 2.69 bits per heavy atom. The summed E-state index contributed by atoms with van der Waals surface area (Å²) in [5.41, 5.74) is 0. The number of hydrogen-bond acceptors (Lipinski definition) is 1. The van der Waals surface area contributed by atoms with Gasteiger partial charge in [0.2, 0.25) is 0 Å². The number of methoxy groups -OCH3 is 1. The minimum absolute atomic E-state index is 0. The second-order valence-electron chi connectivity index (χ2n) is 2.60. The van der Waals surface area contributed by atoms with Crippen LogP contribution in [0.25, 0.3) is 10.8 Å².